The number of fused-ring (bicyclic) bond motifs is 1. The number of nitrogens with zero attached hydrogens (tertiary/aromatic N) is 4. The van der Waals surface area contributed by atoms with Crippen LogP contribution in [0.3, 0.4) is 0 Å². The molecule has 0 amide bonds. The number of nitrogen functional groups attached to an aromatic ring is 1. The third kappa shape index (κ3) is 6.25. The number of halogens is 3. The van der Waals surface area contributed by atoms with Gasteiger partial charge >= 0.3 is 12.1 Å². The van der Waals surface area contributed by atoms with Crippen LogP contribution >= 0.6 is 11.8 Å². The Kier molecular flexibility index (Phi) is 8.01. The number of alkyl halides is 3. The number of carboxylic acid groups (broad SMARTS) is 1. The molecule has 2 unspecified atom stereocenters. The number of rotatable bonds is 7. The quantitative estimate of drug-likeness (QED) is 0.220. The van der Waals surface area contributed by atoms with Crippen molar-refractivity contribution in [1.82, 2.24) is 20.3 Å². The van der Waals surface area contributed by atoms with Gasteiger partial charge in [0.1, 0.15) is 11.9 Å². The SMILES string of the molecule is CSc1ccc2cc(-c3ccc(C(Oc4cc(N5CCC6(CC5)CNC(C(=O)O)C6)nc(N)n4)C(F)(F)F)cc3)ccc2n1. The summed E-state index contributed by atoms with van der Waals surface area (Å²) < 4.78 is 48.4. The maximum absolute atomic E-state index is 14.3. The molecule has 2 atom stereocenters. The first kappa shape index (κ1) is 29.9. The van der Waals surface area contributed by atoms with Gasteiger partial charge in [0, 0.05) is 36.7 Å². The zero-order valence-corrected chi connectivity index (χ0v) is 24.7. The Labute approximate surface area is 256 Å². The molecule has 2 aromatic carbocycles. The highest BCUT2D eigenvalue weighted by Crippen LogP contribution is 2.41. The number of hydrogen-bond acceptors (Lipinski definition) is 9. The molecule has 4 aromatic rings. The maximum Gasteiger partial charge on any atom is 0.429 e. The predicted octanol–water partition coefficient (Wildman–Crippen LogP) is 5.71. The minimum Gasteiger partial charge on any atom is -0.480 e. The summed E-state index contributed by atoms with van der Waals surface area (Å²) in [5.74, 6) is -0.966. The van der Waals surface area contributed by atoms with Gasteiger partial charge in [-0.2, -0.15) is 23.1 Å². The first-order chi connectivity index (χ1) is 21.0. The molecule has 0 bridgehead atoms. The van der Waals surface area contributed by atoms with Gasteiger partial charge in [-0.15, -0.1) is 11.8 Å². The number of pyridine rings is 1. The van der Waals surface area contributed by atoms with Crippen LogP contribution in [0.2, 0.25) is 0 Å². The zero-order valence-electron chi connectivity index (χ0n) is 23.8. The van der Waals surface area contributed by atoms with E-state index in [1.54, 1.807) is 23.9 Å². The summed E-state index contributed by atoms with van der Waals surface area (Å²) in [6.45, 7) is 1.72. The van der Waals surface area contributed by atoms with Crippen LogP contribution in [-0.2, 0) is 4.79 Å². The minimum atomic E-state index is -4.72. The summed E-state index contributed by atoms with van der Waals surface area (Å²) >= 11 is 1.55. The van der Waals surface area contributed by atoms with Gasteiger partial charge in [0.15, 0.2) is 0 Å². The Morgan fingerprint density at radius 3 is 2.45 bits per heavy atom. The Balaban J connectivity index is 1.19. The van der Waals surface area contributed by atoms with Crippen LogP contribution in [0.25, 0.3) is 22.0 Å². The van der Waals surface area contributed by atoms with Gasteiger partial charge in [0.05, 0.1) is 10.5 Å². The van der Waals surface area contributed by atoms with E-state index in [1.807, 2.05) is 41.5 Å². The lowest BCUT2D eigenvalue weighted by molar-refractivity contribution is -0.198. The normalized spacial score (nSPS) is 18.9. The van der Waals surface area contributed by atoms with Gasteiger partial charge in [-0.05, 0) is 60.3 Å². The first-order valence-electron chi connectivity index (χ1n) is 14.2. The van der Waals surface area contributed by atoms with Crippen molar-refractivity contribution in [1.29, 1.82) is 0 Å². The van der Waals surface area contributed by atoms with E-state index in [9.17, 15) is 23.1 Å². The van der Waals surface area contributed by atoms with Crippen LogP contribution in [0.4, 0.5) is 24.9 Å². The number of carbonyl (C=O) groups is 1. The van der Waals surface area contributed by atoms with Crippen molar-refractivity contribution in [3.05, 3.63) is 66.2 Å². The lowest BCUT2D eigenvalue weighted by Crippen LogP contribution is -2.41. The molecule has 2 aromatic heterocycles. The van der Waals surface area contributed by atoms with Crippen molar-refractivity contribution in [2.24, 2.45) is 5.41 Å². The summed E-state index contributed by atoms with van der Waals surface area (Å²) in [6, 6.07) is 16.6. The number of hydrogen-bond donors (Lipinski definition) is 3. The third-order valence-electron chi connectivity index (χ3n) is 8.47. The molecule has 4 N–H and O–H groups in total. The fraction of sp³-hybridized carbons (Fsp3) is 0.355. The van der Waals surface area contributed by atoms with E-state index in [0.29, 0.717) is 44.7 Å². The summed E-state index contributed by atoms with van der Waals surface area (Å²) in [6.07, 6.45) is -3.06. The van der Waals surface area contributed by atoms with Crippen LogP contribution in [0.15, 0.2) is 65.7 Å². The number of nitrogens with two attached hydrogens (primary N) is 1. The number of aromatic nitrogens is 3. The average molecular weight is 625 g/mol. The molecule has 4 heterocycles. The lowest BCUT2D eigenvalue weighted by atomic mass is 9.76. The molecule has 2 fully saturated rings. The number of anilines is 2. The fourth-order valence-electron chi connectivity index (χ4n) is 6.03. The topological polar surface area (TPSA) is 126 Å². The number of thioether (sulfide) groups is 1. The van der Waals surface area contributed by atoms with Crippen LogP contribution < -0.4 is 20.7 Å². The van der Waals surface area contributed by atoms with Crippen molar-refractivity contribution < 1.29 is 27.8 Å². The van der Waals surface area contributed by atoms with Gasteiger partial charge in [0.2, 0.25) is 17.9 Å². The largest absolute Gasteiger partial charge is 0.480 e. The molecule has 9 nitrogen and oxygen atoms in total. The average Bonchev–Trinajstić information content (AvgIpc) is 3.42. The smallest absolute Gasteiger partial charge is 0.429 e. The molecule has 1 spiro atoms. The zero-order chi connectivity index (χ0) is 31.1. The van der Waals surface area contributed by atoms with E-state index in [-0.39, 0.29) is 22.8 Å². The highest BCUT2D eigenvalue weighted by Gasteiger charge is 2.45. The number of piperidine rings is 1. The molecule has 44 heavy (non-hydrogen) atoms. The number of benzene rings is 2. The highest BCUT2D eigenvalue weighted by molar-refractivity contribution is 7.98. The van der Waals surface area contributed by atoms with Crippen molar-refractivity contribution >= 4 is 40.4 Å². The van der Waals surface area contributed by atoms with Crippen molar-refractivity contribution in [2.75, 3.05) is 36.5 Å². The summed E-state index contributed by atoms with van der Waals surface area (Å²) in [4.78, 5) is 26.1. The number of ether oxygens (including phenoxy) is 1. The van der Waals surface area contributed by atoms with Crippen LogP contribution in [0, 0.1) is 5.41 Å². The van der Waals surface area contributed by atoms with Gasteiger partial charge in [-0.25, -0.2) is 4.98 Å². The molecule has 0 saturated carbocycles. The number of aliphatic carboxylic acids is 1. The third-order valence-corrected chi connectivity index (χ3v) is 9.11. The first-order valence-corrected chi connectivity index (χ1v) is 15.4. The standard InChI is InChI=1S/C31H31F3N6O3S/c1-44-26-9-7-21-14-20(6-8-22(21)37-26)18-2-4-19(5-3-18)27(31(32,33)34)43-25-15-24(38-29(35)39-25)40-12-10-30(11-13-40)16-23(28(41)42)36-17-30/h2-9,14-15,23,27,36H,10-13,16-17H2,1H3,(H,41,42)(H2,35,38,39). The molecule has 230 valence electrons. The van der Waals surface area contributed by atoms with E-state index in [2.05, 4.69) is 20.3 Å². The Bertz CT molecular complexity index is 1680. The maximum atomic E-state index is 14.3. The van der Waals surface area contributed by atoms with E-state index in [1.165, 1.54) is 18.2 Å². The summed E-state index contributed by atoms with van der Waals surface area (Å²) in [5, 5.41) is 14.3. The second kappa shape index (κ2) is 11.8. The van der Waals surface area contributed by atoms with Gasteiger partial charge in [0.25, 0.3) is 0 Å². The molecule has 0 aliphatic carbocycles. The molecular formula is C31H31F3N6O3S. The van der Waals surface area contributed by atoms with Crippen LogP contribution in [0.1, 0.15) is 30.9 Å². The van der Waals surface area contributed by atoms with Gasteiger partial charge < -0.3 is 25.8 Å². The predicted molar refractivity (Wildman–Crippen MR) is 163 cm³/mol. The molecule has 2 aliphatic rings. The van der Waals surface area contributed by atoms with Gasteiger partial charge in [-0.1, -0.05) is 36.4 Å². The van der Waals surface area contributed by atoms with Crippen LogP contribution in [-0.4, -0.2) is 64.1 Å². The fourth-order valence-corrected chi connectivity index (χ4v) is 6.42. The number of carboxylic acids is 1. The number of nitrogens with one attached hydrogen (secondary N) is 1. The second-order valence-corrected chi connectivity index (χ2v) is 12.1. The van der Waals surface area contributed by atoms with Crippen LogP contribution in [0.5, 0.6) is 5.88 Å². The molecular weight excluding hydrogens is 593 g/mol. The van der Waals surface area contributed by atoms with Crippen molar-refractivity contribution in [2.45, 2.75) is 42.6 Å². The Hall–Kier alpha value is -4.10. The van der Waals surface area contributed by atoms with E-state index in [0.717, 1.165) is 27.1 Å². The van der Waals surface area contributed by atoms with Gasteiger partial charge in [-0.3, -0.25) is 4.79 Å². The van der Waals surface area contributed by atoms with E-state index < -0.39 is 24.3 Å². The van der Waals surface area contributed by atoms with E-state index >= 15 is 0 Å². The Morgan fingerprint density at radius 1 is 1.07 bits per heavy atom. The Morgan fingerprint density at radius 2 is 1.80 bits per heavy atom. The lowest BCUT2D eigenvalue weighted by Gasteiger charge is -2.39. The monoisotopic (exact) mass is 624 g/mol. The molecule has 0 radical (unpaired) electrons. The molecule has 6 rings (SSSR count). The van der Waals surface area contributed by atoms with E-state index in [4.69, 9.17) is 10.5 Å². The highest BCUT2D eigenvalue weighted by atomic mass is 32.2. The molecule has 2 aliphatic heterocycles. The second-order valence-electron chi connectivity index (χ2n) is 11.3. The van der Waals surface area contributed by atoms with Crippen molar-refractivity contribution in [3.8, 4) is 17.0 Å². The minimum absolute atomic E-state index is 0.0753. The summed E-state index contributed by atoms with van der Waals surface area (Å²) in [7, 11) is 0. The molecule has 13 heteroatoms. The van der Waals surface area contributed by atoms with Crippen molar-refractivity contribution in [3.63, 3.8) is 0 Å². The molecule has 2 saturated heterocycles. The summed E-state index contributed by atoms with van der Waals surface area (Å²) in [5.41, 5.74) is 8.16.